The standard InChI is InChI=1S/C18H18ClN3O2S/c1-18(2,3)16-21-22-17(25-16)20-15(23)7-4-11-8-12-9-13(19)5-6-14(12)24-10-11/h4-9H,10H2,1-3H3,(H,20,22,23). The Morgan fingerprint density at radius 2 is 2.16 bits per heavy atom. The zero-order valence-electron chi connectivity index (χ0n) is 14.2. The summed E-state index contributed by atoms with van der Waals surface area (Å²) in [5.41, 5.74) is 1.70. The van der Waals surface area contributed by atoms with Crippen molar-refractivity contribution in [2.75, 3.05) is 11.9 Å². The molecule has 1 aliphatic rings. The smallest absolute Gasteiger partial charge is 0.250 e. The number of ether oxygens (including phenoxy) is 1. The lowest BCUT2D eigenvalue weighted by atomic mass is 9.98. The number of aromatic nitrogens is 2. The van der Waals surface area contributed by atoms with E-state index in [-0.39, 0.29) is 11.3 Å². The molecule has 0 spiro atoms. The summed E-state index contributed by atoms with van der Waals surface area (Å²) in [6, 6.07) is 5.46. The van der Waals surface area contributed by atoms with E-state index in [0.29, 0.717) is 16.8 Å². The molecule has 0 saturated carbocycles. The molecule has 2 aromatic rings. The second-order valence-electron chi connectivity index (χ2n) is 6.68. The van der Waals surface area contributed by atoms with Crippen molar-refractivity contribution in [1.29, 1.82) is 0 Å². The number of rotatable bonds is 3. The van der Waals surface area contributed by atoms with Crippen LogP contribution in [0.4, 0.5) is 5.13 Å². The van der Waals surface area contributed by atoms with E-state index < -0.39 is 0 Å². The van der Waals surface area contributed by atoms with Crippen LogP contribution in [0.2, 0.25) is 5.02 Å². The zero-order chi connectivity index (χ0) is 18.0. The van der Waals surface area contributed by atoms with Crippen LogP contribution in [0.15, 0.2) is 35.9 Å². The first-order valence-corrected chi connectivity index (χ1v) is 8.97. The number of carbonyl (C=O) groups is 1. The van der Waals surface area contributed by atoms with Gasteiger partial charge in [0.05, 0.1) is 0 Å². The van der Waals surface area contributed by atoms with E-state index in [2.05, 4.69) is 36.3 Å². The van der Waals surface area contributed by atoms with E-state index >= 15 is 0 Å². The predicted molar refractivity (Wildman–Crippen MR) is 101 cm³/mol. The number of carbonyl (C=O) groups excluding carboxylic acids is 1. The van der Waals surface area contributed by atoms with E-state index in [4.69, 9.17) is 16.3 Å². The molecule has 0 saturated heterocycles. The number of anilines is 1. The first-order chi connectivity index (χ1) is 11.8. The van der Waals surface area contributed by atoms with Crippen LogP contribution in [-0.2, 0) is 10.2 Å². The second-order valence-corrected chi connectivity index (χ2v) is 8.09. The number of halogens is 1. The summed E-state index contributed by atoms with van der Waals surface area (Å²) in [5, 5.41) is 12.9. The Balaban J connectivity index is 1.66. The highest BCUT2D eigenvalue weighted by atomic mass is 35.5. The fraction of sp³-hybridized carbons (Fsp3) is 0.278. The molecular weight excluding hydrogens is 358 g/mol. The van der Waals surface area contributed by atoms with Crippen LogP contribution in [-0.4, -0.2) is 22.7 Å². The molecule has 0 bridgehead atoms. The van der Waals surface area contributed by atoms with Crippen molar-refractivity contribution in [3.05, 3.63) is 51.5 Å². The highest BCUT2D eigenvalue weighted by molar-refractivity contribution is 7.15. The van der Waals surface area contributed by atoms with Crippen LogP contribution in [0.5, 0.6) is 5.75 Å². The molecule has 2 heterocycles. The molecule has 1 aromatic carbocycles. The van der Waals surface area contributed by atoms with Gasteiger partial charge in [0.1, 0.15) is 17.4 Å². The van der Waals surface area contributed by atoms with Gasteiger partial charge in [0, 0.05) is 22.1 Å². The average molecular weight is 376 g/mol. The van der Waals surface area contributed by atoms with Gasteiger partial charge in [0.2, 0.25) is 11.0 Å². The molecule has 1 N–H and O–H groups in total. The number of nitrogens with one attached hydrogen (secondary N) is 1. The van der Waals surface area contributed by atoms with Crippen LogP contribution in [0.25, 0.3) is 6.08 Å². The third-order valence-corrected chi connectivity index (χ3v) is 4.95. The third-order valence-electron chi connectivity index (χ3n) is 3.45. The lowest BCUT2D eigenvalue weighted by molar-refractivity contribution is -0.111. The molecule has 25 heavy (non-hydrogen) atoms. The summed E-state index contributed by atoms with van der Waals surface area (Å²) in [7, 11) is 0. The van der Waals surface area contributed by atoms with Crippen molar-refractivity contribution in [2.45, 2.75) is 26.2 Å². The fourth-order valence-corrected chi connectivity index (χ4v) is 3.15. The molecule has 0 fully saturated rings. The van der Waals surface area contributed by atoms with Crippen molar-refractivity contribution < 1.29 is 9.53 Å². The molecule has 1 aromatic heterocycles. The normalized spacial score (nSPS) is 14.0. The van der Waals surface area contributed by atoms with Crippen molar-refractivity contribution >= 4 is 40.1 Å². The van der Waals surface area contributed by atoms with Crippen LogP contribution in [0.3, 0.4) is 0 Å². The predicted octanol–water partition coefficient (Wildman–Crippen LogP) is 4.46. The van der Waals surface area contributed by atoms with Crippen molar-refractivity contribution in [3.8, 4) is 5.75 Å². The molecule has 0 unspecified atom stereocenters. The van der Waals surface area contributed by atoms with Crippen molar-refractivity contribution in [2.24, 2.45) is 0 Å². The molecule has 7 heteroatoms. The number of nitrogens with zero attached hydrogens (tertiary/aromatic N) is 2. The zero-order valence-corrected chi connectivity index (χ0v) is 15.7. The van der Waals surface area contributed by atoms with E-state index in [1.54, 1.807) is 12.1 Å². The Kier molecular flexibility index (Phi) is 4.92. The van der Waals surface area contributed by atoms with Gasteiger partial charge >= 0.3 is 0 Å². The summed E-state index contributed by atoms with van der Waals surface area (Å²) >= 11 is 7.38. The molecule has 5 nitrogen and oxygen atoms in total. The van der Waals surface area contributed by atoms with Gasteiger partial charge < -0.3 is 4.74 Å². The molecule has 1 amide bonds. The fourth-order valence-electron chi connectivity index (χ4n) is 2.17. The molecule has 1 aliphatic heterocycles. The average Bonchev–Trinajstić information content (AvgIpc) is 3.01. The maximum Gasteiger partial charge on any atom is 0.250 e. The van der Waals surface area contributed by atoms with Gasteiger partial charge in [-0.15, -0.1) is 10.2 Å². The lowest BCUT2D eigenvalue weighted by Crippen LogP contribution is -2.10. The quantitative estimate of drug-likeness (QED) is 0.804. The Morgan fingerprint density at radius 1 is 1.36 bits per heavy atom. The number of benzene rings is 1. The molecule has 0 atom stereocenters. The molecular formula is C18H18ClN3O2S. The number of fused-ring (bicyclic) bond motifs is 1. The van der Waals surface area contributed by atoms with Gasteiger partial charge in [-0.2, -0.15) is 0 Å². The highest BCUT2D eigenvalue weighted by Gasteiger charge is 2.19. The van der Waals surface area contributed by atoms with Gasteiger partial charge in [-0.05, 0) is 29.8 Å². The summed E-state index contributed by atoms with van der Waals surface area (Å²) < 4.78 is 5.65. The van der Waals surface area contributed by atoms with Gasteiger partial charge in [0.25, 0.3) is 0 Å². The molecule has 0 radical (unpaired) electrons. The van der Waals surface area contributed by atoms with E-state index in [9.17, 15) is 4.79 Å². The Morgan fingerprint density at radius 3 is 2.88 bits per heavy atom. The first kappa shape index (κ1) is 17.6. The van der Waals surface area contributed by atoms with Crippen molar-refractivity contribution in [1.82, 2.24) is 10.2 Å². The van der Waals surface area contributed by atoms with Gasteiger partial charge in [-0.3, -0.25) is 10.1 Å². The van der Waals surface area contributed by atoms with Crippen LogP contribution >= 0.6 is 22.9 Å². The van der Waals surface area contributed by atoms with Crippen LogP contribution in [0.1, 0.15) is 31.3 Å². The Hall–Kier alpha value is -2.18. The largest absolute Gasteiger partial charge is 0.488 e. The lowest BCUT2D eigenvalue weighted by Gasteiger charge is -2.16. The molecule has 3 rings (SSSR count). The maximum absolute atomic E-state index is 12.1. The molecule has 0 aliphatic carbocycles. The molecule has 130 valence electrons. The van der Waals surface area contributed by atoms with Crippen molar-refractivity contribution in [3.63, 3.8) is 0 Å². The van der Waals surface area contributed by atoms with E-state index in [1.165, 1.54) is 17.4 Å². The maximum atomic E-state index is 12.1. The monoisotopic (exact) mass is 375 g/mol. The topological polar surface area (TPSA) is 64.1 Å². The van der Waals surface area contributed by atoms with Gasteiger partial charge in [0.15, 0.2) is 0 Å². The van der Waals surface area contributed by atoms with Gasteiger partial charge in [-0.1, -0.05) is 49.8 Å². The minimum Gasteiger partial charge on any atom is -0.488 e. The SMILES string of the molecule is CC(C)(C)c1nnc(NC(=O)C=CC2=Cc3cc(Cl)ccc3OC2)s1. The third kappa shape index (κ3) is 4.46. The number of amides is 1. The first-order valence-electron chi connectivity index (χ1n) is 7.77. The summed E-state index contributed by atoms with van der Waals surface area (Å²) in [4.78, 5) is 12.1. The minimum absolute atomic E-state index is 0.0879. The van der Waals surface area contributed by atoms with Gasteiger partial charge in [-0.25, -0.2) is 0 Å². The Labute approximate surface area is 155 Å². The number of hydrogen-bond acceptors (Lipinski definition) is 5. The number of hydrogen-bond donors (Lipinski definition) is 1. The Bertz CT molecular complexity index is 865. The second kappa shape index (κ2) is 6.98. The van der Waals surface area contributed by atoms with Crippen LogP contribution in [0, 0.1) is 0 Å². The highest BCUT2D eigenvalue weighted by Crippen LogP contribution is 2.29. The minimum atomic E-state index is -0.255. The van der Waals surface area contributed by atoms with Crippen LogP contribution < -0.4 is 10.1 Å². The van der Waals surface area contributed by atoms with E-state index in [1.807, 2.05) is 18.2 Å². The van der Waals surface area contributed by atoms with E-state index in [0.717, 1.165) is 21.9 Å². The summed E-state index contributed by atoms with van der Waals surface area (Å²) in [6.07, 6.45) is 5.14. The summed E-state index contributed by atoms with van der Waals surface area (Å²) in [5.74, 6) is 0.531. The summed E-state index contributed by atoms with van der Waals surface area (Å²) in [6.45, 7) is 6.57.